The van der Waals surface area contributed by atoms with Crippen molar-refractivity contribution in [2.24, 2.45) is 4.99 Å². The molecule has 0 fully saturated rings. The third kappa shape index (κ3) is 3.05. The van der Waals surface area contributed by atoms with Crippen LogP contribution in [-0.2, 0) is 4.79 Å². The molecule has 1 atom stereocenters. The molecule has 5 heteroatoms. The molecule has 0 saturated heterocycles. The first-order valence-corrected chi connectivity index (χ1v) is 8.36. The van der Waals surface area contributed by atoms with Crippen LogP contribution < -0.4 is 10.2 Å². The molecule has 0 bridgehead atoms. The van der Waals surface area contributed by atoms with Crippen molar-refractivity contribution in [3.63, 3.8) is 0 Å². The fourth-order valence-corrected chi connectivity index (χ4v) is 3.23. The summed E-state index contributed by atoms with van der Waals surface area (Å²) in [7, 11) is 0. The second kappa shape index (κ2) is 6.51. The zero-order valence-electron chi connectivity index (χ0n) is 13.7. The Morgan fingerprint density at radius 3 is 2.76 bits per heavy atom. The first-order valence-electron chi connectivity index (χ1n) is 8.36. The summed E-state index contributed by atoms with van der Waals surface area (Å²) >= 11 is 0. The van der Waals surface area contributed by atoms with Gasteiger partial charge >= 0.3 is 0 Å². The number of benzene rings is 2. The van der Waals surface area contributed by atoms with Crippen LogP contribution in [0.1, 0.15) is 17.9 Å². The van der Waals surface area contributed by atoms with Crippen LogP contribution in [0.3, 0.4) is 0 Å². The lowest BCUT2D eigenvalue weighted by molar-refractivity contribution is -0.115. The van der Waals surface area contributed by atoms with Gasteiger partial charge in [0.25, 0.3) is 0 Å². The molecule has 2 heterocycles. The van der Waals surface area contributed by atoms with Crippen molar-refractivity contribution in [2.75, 3.05) is 23.3 Å². The van der Waals surface area contributed by atoms with E-state index in [2.05, 4.69) is 27.4 Å². The number of carbonyl (C=O) groups is 1. The van der Waals surface area contributed by atoms with E-state index in [-0.39, 0.29) is 11.7 Å². The van der Waals surface area contributed by atoms with E-state index >= 15 is 0 Å². The molecule has 25 heavy (non-hydrogen) atoms. The third-order valence-corrected chi connectivity index (χ3v) is 4.55. The number of nitrogens with zero attached hydrogens (tertiary/aromatic N) is 2. The molecule has 2 aromatic rings. The molecule has 1 amide bonds. The summed E-state index contributed by atoms with van der Waals surface area (Å²) in [6, 6.07) is 12.5. The van der Waals surface area contributed by atoms with E-state index in [4.69, 9.17) is 0 Å². The molecule has 2 aliphatic rings. The smallest absolute Gasteiger partial charge is 0.237 e. The molecular formula is C20H18FN3O. The molecule has 2 aromatic carbocycles. The minimum Gasteiger partial charge on any atom is -0.367 e. The van der Waals surface area contributed by atoms with Crippen LogP contribution >= 0.6 is 0 Å². The highest BCUT2D eigenvalue weighted by molar-refractivity contribution is 6.12. The van der Waals surface area contributed by atoms with Gasteiger partial charge in [0, 0.05) is 36.2 Å². The Morgan fingerprint density at radius 2 is 2.00 bits per heavy atom. The highest BCUT2D eigenvalue weighted by Crippen LogP contribution is 2.33. The minimum absolute atomic E-state index is 0.249. The number of hydrogen-bond acceptors (Lipinski definition) is 3. The van der Waals surface area contributed by atoms with Crippen molar-refractivity contribution in [3.8, 4) is 0 Å². The zero-order chi connectivity index (χ0) is 17.2. The highest BCUT2D eigenvalue weighted by atomic mass is 19.1. The van der Waals surface area contributed by atoms with Crippen molar-refractivity contribution >= 4 is 29.2 Å². The number of anilines is 2. The van der Waals surface area contributed by atoms with Crippen molar-refractivity contribution < 1.29 is 9.18 Å². The lowest BCUT2D eigenvalue weighted by Gasteiger charge is -2.25. The summed E-state index contributed by atoms with van der Waals surface area (Å²) < 4.78 is 14.0. The van der Waals surface area contributed by atoms with Gasteiger partial charge in [-0.15, -0.1) is 0 Å². The molecule has 1 unspecified atom stereocenters. The van der Waals surface area contributed by atoms with Gasteiger partial charge in [0.05, 0.1) is 5.69 Å². The maximum Gasteiger partial charge on any atom is 0.237 e. The number of halogens is 1. The summed E-state index contributed by atoms with van der Waals surface area (Å²) in [5.74, 6) is -1.33. The normalized spacial score (nSPS) is 19.3. The summed E-state index contributed by atoms with van der Waals surface area (Å²) in [5, 5.41) is 2.69. The average Bonchev–Trinajstić information content (AvgIpc) is 2.98. The Morgan fingerprint density at radius 1 is 1.16 bits per heavy atom. The second-order valence-electron chi connectivity index (χ2n) is 6.17. The number of rotatable bonds is 3. The molecule has 126 valence electrons. The second-order valence-corrected chi connectivity index (χ2v) is 6.17. The monoisotopic (exact) mass is 335 g/mol. The number of aliphatic imine (C=N–C) groups is 1. The van der Waals surface area contributed by atoms with Gasteiger partial charge < -0.3 is 10.2 Å². The SMILES string of the molecule is O=C1Nc2cccc(F)c2C1C=Nc1ccc(N2CC=CCC2)cc1. The fourth-order valence-electron chi connectivity index (χ4n) is 3.23. The predicted molar refractivity (Wildman–Crippen MR) is 98.3 cm³/mol. The van der Waals surface area contributed by atoms with Gasteiger partial charge in [-0.2, -0.15) is 0 Å². The Hall–Kier alpha value is -2.95. The molecule has 0 saturated carbocycles. The van der Waals surface area contributed by atoms with Crippen LogP contribution in [0, 0.1) is 5.82 Å². The number of carbonyl (C=O) groups excluding carboxylic acids is 1. The van der Waals surface area contributed by atoms with Gasteiger partial charge in [0.15, 0.2) is 0 Å². The molecule has 0 aliphatic carbocycles. The van der Waals surface area contributed by atoms with Crippen LogP contribution in [0.2, 0.25) is 0 Å². The van der Waals surface area contributed by atoms with Crippen molar-refractivity contribution in [2.45, 2.75) is 12.3 Å². The molecule has 2 aliphatic heterocycles. The average molecular weight is 335 g/mol. The van der Waals surface area contributed by atoms with Crippen LogP contribution in [0.4, 0.5) is 21.5 Å². The Bertz CT molecular complexity index is 858. The van der Waals surface area contributed by atoms with E-state index in [0.717, 1.165) is 30.9 Å². The number of hydrogen-bond donors (Lipinski definition) is 1. The van der Waals surface area contributed by atoms with Crippen LogP contribution in [0.25, 0.3) is 0 Å². The molecule has 4 nitrogen and oxygen atoms in total. The lowest BCUT2D eigenvalue weighted by atomic mass is 10.0. The van der Waals surface area contributed by atoms with Gasteiger partial charge in [-0.05, 0) is 42.8 Å². The number of fused-ring (bicyclic) bond motifs is 1. The molecule has 0 aromatic heterocycles. The van der Waals surface area contributed by atoms with Crippen molar-refractivity contribution in [1.29, 1.82) is 0 Å². The Balaban J connectivity index is 1.53. The largest absolute Gasteiger partial charge is 0.367 e. The van der Waals surface area contributed by atoms with Crippen LogP contribution in [0.5, 0.6) is 0 Å². The molecule has 4 rings (SSSR count). The summed E-state index contributed by atoms with van der Waals surface area (Å²) in [6.07, 6.45) is 6.93. The summed E-state index contributed by atoms with van der Waals surface area (Å²) in [4.78, 5) is 18.8. The van der Waals surface area contributed by atoms with E-state index < -0.39 is 5.92 Å². The van der Waals surface area contributed by atoms with Gasteiger partial charge in [-0.25, -0.2) is 4.39 Å². The standard InChI is InChI=1S/C20H18FN3O/c21-17-5-4-6-18-19(17)16(20(25)23-18)13-22-14-7-9-15(10-8-14)24-11-2-1-3-12-24/h1-2,4-10,13,16H,3,11-12H2,(H,23,25). The fraction of sp³-hybridized carbons (Fsp3) is 0.200. The predicted octanol–water partition coefficient (Wildman–Crippen LogP) is 4.03. The zero-order valence-corrected chi connectivity index (χ0v) is 13.7. The Labute approximate surface area is 145 Å². The van der Waals surface area contributed by atoms with E-state index in [0.29, 0.717) is 11.3 Å². The van der Waals surface area contributed by atoms with E-state index in [1.165, 1.54) is 12.3 Å². The summed E-state index contributed by atoms with van der Waals surface area (Å²) in [6.45, 7) is 1.93. The quantitative estimate of drug-likeness (QED) is 0.680. The molecular weight excluding hydrogens is 317 g/mol. The first-order chi connectivity index (χ1) is 12.2. The van der Waals surface area contributed by atoms with Gasteiger partial charge in [0.1, 0.15) is 11.7 Å². The number of nitrogens with one attached hydrogen (secondary N) is 1. The van der Waals surface area contributed by atoms with Crippen molar-refractivity contribution in [1.82, 2.24) is 0 Å². The van der Waals surface area contributed by atoms with E-state index in [1.54, 1.807) is 12.1 Å². The van der Waals surface area contributed by atoms with E-state index in [1.807, 2.05) is 24.3 Å². The van der Waals surface area contributed by atoms with Crippen LogP contribution in [0.15, 0.2) is 59.6 Å². The Kier molecular flexibility index (Phi) is 4.06. The first kappa shape index (κ1) is 15.6. The van der Waals surface area contributed by atoms with Gasteiger partial charge in [0.2, 0.25) is 5.91 Å². The number of amides is 1. The maximum atomic E-state index is 14.0. The molecule has 1 N–H and O–H groups in total. The maximum absolute atomic E-state index is 14.0. The third-order valence-electron chi connectivity index (χ3n) is 4.55. The van der Waals surface area contributed by atoms with Gasteiger partial charge in [-0.1, -0.05) is 18.2 Å². The van der Waals surface area contributed by atoms with E-state index in [9.17, 15) is 9.18 Å². The molecule has 0 spiro atoms. The van der Waals surface area contributed by atoms with Crippen LogP contribution in [-0.4, -0.2) is 25.2 Å². The molecule has 0 radical (unpaired) electrons. The topological polar surface area (TPSA) is 44.7 Å². The lowest BCUT2D eigenvalue weighted by Crippen LogP contribution is -2.26. The van der Waals surface area contributed by atoms with Crippen molar-refractivity contribution in [3.05, 3.63) is 66.0 Å². The highest BCUT2D eigenvalue weighted by Gasteiger charge is 2.31. The summed E-state index contributed by atoms with van der Waals surface area (Å²) in [5.41, 5.74) is 2.79. The van der Waals surface area contributed by atoms with Gasteiger partial charge in [-0.3, -0.25) is 9.79 Å². The minimum atomic E-state index is -0.692.